The first-order valence-corrected chi connectivity index (χ1v) is 3.38. The van der Waals surface area contributed by atoms with Gasteiger partial charge in [-0.1, -0.05) is 6.07 Å². The van der Waals surface area contributed by atoms with E-state index >= 15 is 0 Å². The van der Waals surface area contributed by atoms with Gasteiger partial charge in [-0.25, -0.2) is 4.85 Å². The predicted octanol–water partition coefficient (Wildman–Crippen LogP) is 2.84. The number of hydrogen-bond donors (Lipinski definition) is 1. The fraction of sp³-hybridized carbons (Fsp3) is 0.125. The molecule has 1 aromatic carbocycles. The second-order valence-electron chi connectivity index (χ2n) is 2.31. The van der Waals surface area contributed by atoms with E-state index in [0.717, 1.165) is 12.1 Å². The van der Waals surface area contributed by atoms with Gasteiger partial charge in [0.15, 0.2) is 17.2 Å². The van der Waals surface area contributed by atoms with E-state index in [9.17, 15) is 13.2 Å². The van der Waals surface area contributed by atoms with E-state index in [4.69, 9.17) is 11.7 Å². The molecule has 0 fully saturated rings. The smallest absolute Gasteiger partial charge is 0.504 e. The fourth-order valence-electron chi connectivity index (χ4n) is 0.779. The predicted molar refractivity (Wildman–Crippen MR) is 41.1 cm³/mol. The lowest BCUT2D eigenvalue weighted by Gasteiger charge is -2.10. The van der Waals surface area contributed by atoms with E-state index in [1.54, 1.807) is 0 Å². The summed E-state index contributed by atoms with van der Waals surface area (Å²) in [5.74, 6) is -1.43. The van der Waals surface area contributed by atoms with Gasteiger partial charge in [-0.3, -0.25) is 0 Å². The summed E-state index contributed by atoms with van der Waals surface area (Å²) in [5, 5.41) is 8.97. The zero-order valence-corrected chi connectivity index (χ0v) is 6.67. The van der Waals surface area contributed by atoms with Gasteiger partial charge in [0, 0.05) is 0 Å². The van der Waals surface area contributed by atoms with E-state index in [2.05, 4.69) is 9.58 Å². The first-order chi connectivity index (χ1) is 6.42. The molecule has 0 unspecified atom stereocenters. The van der Waals surface area contributed by atoms with E-state index in [0.29, 0.717) is 0 Å². The number of rotatable bonds is 1. The third-order valence-electron chi connectivity index (χ3n) is 1.30. The van der Waals surface area contributed by atoms with Gasteiger partial charge in [0.05, 0.1) is 6.57 Å². The van der Waals surface area contributed by atoms with Gasteiger partial charge in [-0.2, -0.15) is 0 Å². The highest BCUT2D eigenvalue weighted by Crippen LogP contribution is 2.34. The van der Waals surface area contributed by atoms with E-state index in [1.807, 2.05) is 0 Å². The van der Waals surface area contributed by atoms with Crippen LogP contribution in [0, 0.1) is 6.57 Å². The van der Waals surface area contributed by atoms with Gasteiger partial charge in [0.2, 0.25) is 0 Å². The second-order valence-corrected chi connectivity index (χ2v) is 2.31. The minimum atomic E-state index is -4.88. The Morgan fingerprint density at radius 3 is 2.50 bits per heavy atom. The van der Waals surface area contributed by atoms with Crippen LogP contribution in [-0.4, -0.2) is 11.5 Å². The molecule has 0 bridgehead atoms. The molecule has 1 aromatic rings. The summed E-state index contributed by atoms with van der Waals surface area (Å²) < 4.78 is 38.7. The largest absolute Gasteiger partial charge is 0.573 e. The standard InChI is InChI=1S/C8H4F3NO2/c1-12-5-2-3-6(13)7(4-5)14-8(9,10)11/h2-4,13H. The van der Waals surface area contributed by atoms with Crippen molar-refractivity contribution in [2.24, 2.45) is 0 Å². The Hall–Kier alpha value is -1.90. The molecule has 0 atom stereocenters. The summed E-state index contributed by atoms with van der Waals surface area (Å²) in [4.78, 5) is 2.89. The number of halogens is 3. The summed E-state index contributed by atoms with van der Waals surface area (Å²) in [6.07, 6.45) is -4.88. The maximum absolute atomic E-state index is 11.7. The fourth-order valence-corrected chi connectivity index (χ4v) is 0.779. The van der Waals surface area contributed by atoms with Gasteiger partial charge in [-0.05, 0) is 12.1 Å². The zero-order valence-electron chi connectivity index (χ0n) is 6.67. The summed E-state index contributed by atoms with van der Waals surface area (Å²) in [7, 11) is 0. The van der Waals surface area contributed by atoms with Crippen LogP contribution in [0.2, 0.25) is 0 Å². The van der Waals surface area contributed by atoms with Crippen molar-refractivity contribution in [1.29, 1.82) is 0 Å². The number of aromatic hydroxyl groups is 1. The molecule has 0 heterocycles. The lowest BCUT2D eigenvalue weighted by Crippen LogP contribution is -2.17. The number of hydrogen-bond acceptors (Lipinski definition) is 2. The number of phenolic OH excluding ortho intramolecular Hbond substituents is 1. The molecule has 0 amide bonds. The molecule has 3 nitrogen and oxygen atoms in total. The maximum Gasteiger partial charge on any atom is 0.573 e. The molecule has 0 saturated heterocycles. The van der Waals surface area contributed by atoms with Crippen molar-refractivity contribution in [3.05, 3.63) is 29.6 Å². The molecular formula is C8H4F3NO2. The van der Waals surface area contributed by atoms with Crippen molar-refractivity contribution in [2.75, 3.05) is 0 Å². The lowest BCUT2D eigenvalue weighted by molar-refractivity contribution is -0.275. The van der Waals surface area contributed by atoms with Crippen LogP contribution in [0.3, 0.4) is 0 Å². The highest BCUT2D eigenvalue weighted by atomic mass is 19.4. The highest BCUT2D eigenvalue weighted by Gasteiger charge is 2.32. The Labute approximate surface area is 77.2 Å². The molecule has 0 radical (unpaired) electrons. The minimum absolute atomic E-state index is 0.0398. The van der Waals surface area contributed by atoms with E-state index < -0.39 is 17.9 Å². The van der Waals surface area contributed by atoms with Gasteiger partial charge in [0.25, 0.3) is 0 Å². The zero-order chi connectivity index (χ0) is 10.8. The minimum Gasteiger partial charge on any atom is -0.504 e. The molecule has 14 heavy (non-hydrogen) atoms. The van der Waals surface area contributed by atoms with Crippen molar-refractivity contribution < 1.29 is 23.0 Å². The summed E-state index contributed by atoms with van der Waals surface area (Å²) >= 11 is 0. The molecular weight excluding hydrogens is 199 g/mol. The molecule has 0 aliphatic carbocycles. The number of benzene rings is 1. The molecule has 74 valence electrons. The number of ether oxygens (including phenoxy) is 1. The van der Waals surface area contributed by atoms with Crippen LogP contribution in [0.1, 0.15) is 0 Å². The molecule has 0 saturated carbocycles. The van der Waals surface area contributed by atoms with Gasteiger partial charge in [-0.15, -0.1) is 13.2 Å². The van der Waals surface area contributed by atoms with Gasteiger partial charge < -0.3 is 9.84 Å². The molecule has 1 rings (SSSR count). The third kappa shape index (κ3) is 2.55. The monoisotopic (exact) mass is 203 g/mol. The van der Waals surface area contributed by atoms with Gasteiger partial charge in [0.1, 0.15) is 0 Å². The molecule has 0 spiro atoms. The van der Waals surface area contributed by atoms with E-state index in [-0.39, 0.29) is 5.69 Å². The van der Waals surface area contributed by atoms with Gasteiger partial charge >= 0.3 is 6.36 Å². The van der Waals surface area contributed by atoms with Crippen molar-refractivity contribution in [3.8, 4) is 11.5 Å². The molecule has 0 aromatic heterocycles. The topological polar surface area (TPSA) is 33.8 Å². The Morgan fingerprint density at radius 2 is 2.00 bits per heavy atom. The average Bonchev–Trinajstić information content (AvgIpc) is 2.06. The van der Waals surface area contributed by atoms with Crippen molar-refractivity contribution >= 4 is 5.69 Å². The van der Waals surface area contributed by atoms with Crippen molar-refractivity contribution in [1.82, 2.24) is 0 Å². The summed E-state index contributed by atoms with van der Waals surface area (Å²) in [5.41, 5.74) is -0.0398. The number of nitrogens with zero attached hydrogens (tertiary/aromatic N) is 1. The number of phenols is 1. The van der Waals surface area contributed by atoms with Crippen LogP contribution >= 0.6 is 0 Å². The Kier molecular flexibility index (Phi) is 2.51. The number of alkyl halides is 3. The van der Waals surface area contributed by atoms with Crippen LogP contribution in [0.15, 0.2) is 18.2 Å². The maximum atomic E-state index is 11.7. The third-order valence-corrected chi connectivity index (χ3v) is 1.30. The van der Waals surface area contributed by atoms with E-state index in [1.165, 1.54) is 6.07 Å². The van der Waals surface area contributed by atoms with Crippen LogP contribution in [0.5, 0.6) is 11.5 Å². The Balaban J connectivity index is 3.03. The lowest BCUT2D eigenvalue weighted by atomic mass is 10.3. The van der Waals surface area contributed by atoms with Crippen molar-refractivity contribution in [2.45, 2.75) is 6.36 Å². The van der Waals surface area contributed by atoms with Crippen LogP contribution in [0.4, 0.5) is 18.9 Å². The average molecular weight is 203 g/mol. The first-order valence-electron chi connectivity index (χ1n) is 3.38. The van der Waals surface area contributed by atoms with Crippen LogP contribution in [-0.2, 0) is 0 Å². The molecule has 0 aliphatic heterocycles. The quantitative estimate of drug-likeness (QED) is 0.712. The Bertz CT molecular complexity index is 381. The van der Waals surface area contributed by atoms with Crippen LogP contribution in [0.25, 0.3) is 4.85 Å². The molecule has 0 aliphatic rings. The highest BCUT2D eigenvalue weighted by molar-refractivity contribution is 5.54. The summed E-state index contributed by atoms with van der Waals surface area (Å²) in [6, 6.07) is 2.97. The SMILES string of the molecule is [C-]#[N+]c1ccc(O)c(OC(F)(F)F)c1. The Morgan fingerprint density at radius 1 is 1.36 bits per heavy atom. The van der Waals surface area contributed by atoms with Crippen molar-refractivity contribution in [3.63, 3.8) is 0 Å². The summed E-state index contributed by atoms with van der Waals surface area (Å²) in [6.45, 7) is 6.55. The second kappa shape index (κ2) is 3.46. The van der Waals surface area contributed by atoms with Crippen LogP contribution < -0.4 is 4.74 Å². The molecule has 6 heteroatoms. The first kappa shape index (κ1) is 10.2. The molecule has 1 N–H and O–H groups in total. The normalized spacial score (nSPS) is 10.7.